The van der Waals surface area contributed by atoms with Gasteiger partial charge >= 0.3 is 0 Å². The number of carbonyl (C=O) groups is 3. The van der Waals surface area contributed by atoms with Crippen molar-refractivity contribution in [3.8, 4) is 0 Å². The quantitative estimate of drug-likeness (QED) is 0.617. The second kappa shape index (κ2) is 8.59. The molecule has 1 aliphatic rings. The molecule has 30 heavy (non-hydrogen) atoms. The zero-order chi connectivity index (χ0) is 21.1. The maximum Gasteiger partial charge on any atom is 0.293 e. The first kappa shape index (κ1) is 20.0. The van der Waals surface area contributed by atoms with E-state index in [1.165, 1.54) is 4.90 Å². The molecular formula is C23H21N3O3S. The molecule has 6 nitrogen and oxygen atoms in total. The molecule has 0 bridgehead atoms. The lowest BCUT2D eigenvalue weighted by molar-refractivity contribution is -0.124. The summed E-state index contributed by atoms with van der Waals surface area (Å²) >= 11 is 0.924. The number of aromatic nitrogens is 1. The number of nitrogens with one attached hydrogen (secondary N) is 1. The van der Waals surface area contributed by atoms with Crippen LogP contribution in [0.2, 0.25) is 0 Å². The minimum absolute atomic E-state index is 0.147. The van der Waals surface area contributed by atoms with Crippen LogP contribution in [0.25, 0.3) is 17.0 Å². The van der Waals surface area contributed by atoms with Crippen molar-refractivity contribution in [3.63, 3.8) is 0 Å². The predicted molar refractivity (Wildman–Crippen MR) is 119 cm³/mol. The van der Waals surface area contributed by atoms with Crippen LogP contribution in [0.3, 0.4) is 0 Å². The molecule has 0 unspecified atom stereocenters. The lowest BCUT2D eigenvalue weighted by atomic mass is 10.2. The number of nitrogens with zero attached hydrogens (tertiary/aromatic N) is 2. The van der Waals surface area contributed by atoms with Gasteiger partial charge < -0.3 is 9.88 Å². The molecule has 3 amide bonds. The number of thioether (sulfide) groups is 1. The molecule has 0 spiro atoms. The second-order valence-electron chi connectivity index (χ2n) is 7.02. The van der Waals surface area contributed by atoms with Gasteiger partial charge in [-0.15, -0.1) is 0 Å². The van der Waals surface area contributed by atoms with Crippen molar-refractivity contribution in [1.82, 2.24) is 14.8 Å². The summed E-state index contributed by atoms with van der Waals surface area (Å²) in [5.74, 6) is -0.485. The Hall–Kier alpha value is -3.32. The Labute approximate surface area is 178 Å². The first-order valence-electron chi connectivity index (χ1n) is 9.65. The Bertz CT molecular complexity index is 1150. The van der Waals surface area contributed by atoms with Gasteiger partial charge in [-0.3, -0.25) is 19.3 Å². The van der Waals surface area contributed by atoms with E-state index in [0.717, 1.165) is 33.9 Å². The van der Waals surface area contributed by atoms with Crippen LogP contribution in [-0.2, 0) is 16.1 Å². The fourth-order valence-corrected chi connectivity index (χ4v) is 4.32. The predicted octanol–water partition coefficient (Wildman–Crippen LogP) is 3.80. The Balaban J connectivity index is 1.34. The topological polar surface area (TPSA) is 71.4 Å². The SMILES string of the molecule is Cc1cc2ccccc2n1CC(=O)NCCN1C(=O)S/C(=C\c2ccccc2)C1=O. The molecule has 2 heterocycles. The van der Waals surface area contributed by atoms with Crippen molar-refractivity contribution >= 4 is 45.8 Å². The maximum atomic E-state index is 12.5. The van der Waals surface area contributed by atoms with E-state index in [-0.39, 0.29) is 36.7 Å². The molecule has 0 radical (unpaired) electrons. The molecule has 0 atom stereocenters. The fourth-order valence-electron chi connectivity index (χ4n) is 3.46. The van der Waals surface area contributed by atoms with Gasteiger partial charge in [-0.25, -0.2) is 0 Å². The molecule has 1 N–H and O–H groups in total. The van der Waals surface area contributed by atoms with Crippen LogP contribution in [-0.4, -0.2) is 39.6 Å². The monoisotopic (exact) mass is 419 g/mol. The van der Waals surface area contributed by atoms with E-state index in [1.807, 2.05) is 72.2 Å². The zero-order valence-electron chi connectivity index (χ0n) is 16.5. The lowest BCUT2D eigenvalue weighted by Gasteiger charge is -2.14. The van der Waals surface area contributed by atoms with E-state index in [2.05, 4.69) is 5.32 Å². The zero-order valence-corrected chi connectivity index (χ0v) is 17.3. The molecule has 3 aromatic rings. The summed E-state index contributed by atoms with van der Waals surface area (Å²) < 4.78 is 1.95. The average Bonchev–Trinajstić information content (AvgIpc) is 3.19. The third-order valence-electron chi connectivity index (χ3n) is 4.95. The normalized spacial score (nSPS) is 15.4. The van der Waals surface area contributed by atoms with E-state index in [1.54, 1.807) is 6.08 Å². The van der Waals surface area contributed by atoms with E-state index in [0.29, 0.717) is 4.91 Å². The molecule has 0 saturated carbocycles. The number of benzene rings is 2. The van der Waals surface area contributed by atoms with Crippen LogP contribution in [0.5, 0.6) is 0 Å². The van der Waals surface area contributed by atoms with Gasteiger partial charge in [0.1, 0.15) is 6.54 Å². The summed E-state index contributed by atoms with van der Waals surface area (Å²) in [6.45, 7) is 2.52. The van der Waals surface area contributed by atoms with E-state index < -0.39 is 0 Å². The molecule has 4 rings (SSSR count). The van der Waals surface area contributed by atoms with Crippen molar-refractivity contribution < 1.29 is 14.4 Å². The van der Waals surface area contributed by atoms with Crippen molar-refractivity contribution in [1.29, 1.82) is 0 Å². The number of aryl methyl sites for hydroxylation is 1. The summed E-state index contributed by atoms with van der Waals surface area (Å²) in [4.78, 5) is 38.7. The molecule has 1 aromatic heterocycles. The summed E-state index contributed by atoms with van der Waals surface area (Å²) in [6.07, 6.45) is 1.71. The smallest absolute Gasteiger partial charge is 0.293 e. The fraction of sp³-hybridized carbons (Fsp3) is 0.174. The number of rotatable bonds is 6. The molecule has 1 fully saturated rings. The number of imide groups is 1. The van der Waals surface area contributed by atoms with E-state index in [4.69, 9.17) is 0 Å². The second-order valence-corrected chi connectivity index (χ2v) is 8.02. The molecule has 2 aromatic carbocycles. The first-order chi connectivity index (χ1) is 14.5. The van der Waals surface area contributed by atoms with Crippen LogP contribution < -0.4 is 5.32 Å². The maximum absolute atomic E-state index is 12.5. The Morgan fingerprint density at radius 1 is 1.07 bits per heavy atom. The summed E-state index contributed by atoms with van der Waals surface area (Å²) in [5, 5.41) is 3.58. The lowest BCUT2D eigenvalue weighted by Crippen LogP contribution is -2.38. The number of amides is 3. The molecular weight excluding hydrogens is 398 g/mol. The third kappa shape index (κ3) is 4.16. The van der Waals surface area contributed by atoms with Crippen molar-refractivity contribution in [2.45, 2.75) is 13.5 Å². The molecule has 0 aliphatic carbocycles. The van der Waals surface area contributed by atoms with Crippen molar-refractivity contribution in [3.05, 3.63) is 76.8 Å². The van der Waals surface area contributed by atoms with Gasteiger partial charge in [0, 0.05) is 24.3 Å². The van der Waals surface area contributed by atoms with Gasteiger partial charge in [0.15, 0.2) is 0 Å². The van der Waals surface area contributed by atoms with Gasteiger partial charge in [0.05, 0.1) is 4.91 Å². The third-order valence-corrected chi connectivity index (χ3v) is 5.86. The van der Waals surface area contributed by atoms with Crippen LogP contribution in [0.1, 0.15) is 11.3 Å². The Morgan fingerprint density at radius 3 is 2.60 bits per heavy atom. The molecule has 1 saturated heterocycles. The van der Waals surface area contributed by atoms with Gasteiger partial charge in [-0.1, -0.05) is 48.5 Å². The van der Waals surface area contributed by atoms with Crippen LogP contribution in [0.15, 0.2) is 65.6 Å². The standard InChI is InChI=1S/C23H21N3O3S/c1-16-13-18-9-5-6-10-19(18)26(16)15-21(27)24-11-12-25-22(28)20(30-23(25)29)14-17-7-3-2-4-8-17/h2-10,13-14H,11-12,15H2,1H3,(H,24,27)/b20-14-. The summed E-state index contributed by atoms with van der Waals surface area (Å²) in [6, 6.07) is 19.3. The van der Waals surface area contributed by atoms with Crippen LogP contribution in [0, 0.1) is 6.92 Å². The minimum Gasteiger partial charge on any atom is -0.353 e. The first-order valence-corrected chi connectivity index (χ1v) is 10.5. The Morgan fingerprint density at radius 2 is 1.80 bits per heavy atom. The van der Waals surface area contributed by atoms with Crippen molar-refractivity contribution in [2.24, 2.45) is 0 Å². The Kier molecular flexibility index (Phi) is 5.72. The number of fused-ring (bicyclic) bond motifs is 1. The highest BCUT2D eigenvalue weighted by Gasteiger charge is 2.34. The van der Waals surface area contributed by atoms with Gasteiger partial charge in [-0.05, 0) is 47.8 Å². The van der Waals surface area contributed by atoms with Gasteiger partial charge in [-0.2, -0.15) is 0 Å². The highest BCUT2D eigenvalue weighted by Crippen LogP contribution is 2.31. The summed E-state index contributed by atoms with van der Waals surface area (Å²) in [7, 11) is 0. The van der Waals surface area contributed by atoms with Gasteiger partial charge in [0.2, 0.25) is 5.91 Å². The molecule has 1 aliphatic heterocycles. The van der Waals surface area contributed by atoms with Crippen LogP contribution in [0.4, 0.5) is 4.79 Å². The van der Waals surface area contributed by atoms with Gasteiger partial charge in [0.25, 0.3) is 11.1 Å². The number of para-hydroxylation sites is 1. The molecule has 7 heteroatoms. The summed E-state index contributed by atoms with van der Waals surface area (Å²) in [5.41, 5.74) is 2.87. The average molecular weight is 420 g/mol. The van der Waals surface area contributed by atoms with E-state index in [9.17, 15) is 14.4 Å². The number of carbonyl (C=O) groups excluding carboxylic acids is 3. The van der Waals surface area contributed by atoms with Crippen LogP contribution >= 0.6 is 11.8 Å². The number of hydrogen-bond donors (Lipinski definition) is 1. The van der Waals surface area contributed by atoms with E-state index >= 15 is 0 Å². The number of hydrogen-bond acceptors (Lipinski definition) is 4. The van der Waals surface area contributed by atoms with Crippen molar-refractivity contribution in [2.75, 3.05) is 13.1 Å². The highest BCUT2D eigenvalue weighted by molar-refractivity contribution is 8.18. The minimum atomic E-state index is -0.324. The highest BCUT2D eigenvalue weighted by atomic mass is 32.2. The largest absolute Gasteiger partial charge is 0.353 e. The molecule has 152 valence electrons.